The molecule has 3 heteroatoms. The Kier molecular flexibility index (Phi) is 3.57. The summed E-state index contributed by atoms with van der Waals surface area (Å²) in [4.78, 5) is 14.3. The van der Waals surface area contributed by atoms with Gasteiger partial charge in [0, 0.05) is 24.6 Å². The van der Waals surface area contributed by atoms with Gasteiger partial charge in [-0.25, -0.2) is 4.39 Å². The number of Topliss-reactive ketones (excluding diaryl/α,β-unsaturated/α-hetero) is 1. The van der Waals surface area contributed by atoms with Crippen LogP contribution in [0.5, 0.6) is 0 Å². The maximum absolute atomic E-state index is 12.8. The van der Waals surface area contributed by atoms with Gasteiger partial charge in [0.15, 0.2) is 5.78 Å². The molecule has 0 spiro atoms. The molecule has 1 heterocycles. The maximum Gasteiger partial charge on any atom is 0.166 e. The highest BCUT2D eigenvalue weighted by molar-refractivity contribution is 5.97. The summed E-state index contributed by atoms with van der Waals surface area (Å²) in [5, 5.41) is 0. The number of ketones is 1. The summed E-state index contributed by atoms with van der Waals surface area (Å²) < 4.78 is 12.8. The minimum absolute atomic E-state index is 0.0664. The average molecular weight is 233 g/mol. The molecule has 2 nitrogen and oxygen atoms in total. The predicted molar refractivity (Wildman–Crippen MR) is 65.2 cm³/mol. The Morgan fingerprint density at radius 2 is 1.88 bits per heavy atom. The van der Waals surface area contributed by atoms with E-state index < -0.39 is 0 Å². The van der Waals surface area contributed by atoms with E-state index >= 15 is 0 Å². The molecule has 1 aliphatic heterocycles. The Balaban J connectivity index is 2.01. The van der Waals surface area contributed by atoms with Crippen molar-refractivity contribution < 1.29 is 9.18 Å². The first-order valence-corrected chi connectivity index (χ1v) is 5.87. The first-order chi connectivity index (χ1) is 8.20. The van der Waals surface area contributed by atoms with E-state index in [-0.39, 0.29) is 17.5 Å². The fraction of sp³-hybridized carbons (Fsp3) is 0.357. The molecule has 2 rings (SSSR count). The van der Waals surface area contributed by atoms with Crippen LogP contribution >= 0.6 is 0 Å². The molecule has 1 aromatic rings. The molecule has 0 radical (unpaired) electrons. The third kappa shape index (κ3) is 2.73. The van der Waals surface area contributed by atoms with Gasteiger partial charge in [0.25, 0.3) is 0 Å². The average Bonchev–Trinajstić information content (AvgIpc) is 2.39. The monoisotopic (exact) mass is 233 g/mol. The summed E-state index contributed by atoms with van der Waals surface area (Å²) in [5.41, 5.74) is 0.614. The van der Waals surface area contributed by atoms with Gasteiger partial charge in [-0.1, -0.05) is 6.58 Å². The Bertz CT molecular complexity index is 405. The topological polar surface area (TPSA) is 20.3 Å². The number of benzene rings is 1. The number of carbonyl (C=O) groups excluding carboxylic acids is 1. The molecule has 1 aromatic carbocycles. The maximum atomic E-state index is 12.8. The molecule has 0 atom stereocenters. The summed E-state index contributed by atoms with van der Waals surface area (Å²) in [6.45, 7) is 5.47. The van der Waals surface area contributed by atoms with E-state index in [0.29, 0.717) is 5.56 Å². The highest BCUT2D eigenvalue weighted by atomic mass is 19.1. The lowest BCUT2D eigenvalue weighted by Crippen LogP contribution is -2.32. The zero-order chi connectivity index (χ0) is 12.3. The Morgan fingerprint density at radius 3 is 2.41 bits per heavy atom. The number of likely N-dealkylation sites (tertiary alicyclic amines) is 1. The van der Waals surface area contributed by atoms with Crippen LogP contribution in [0, 0.1) is 11.7 Å². The number of piperidine rings is 1. The lowest BCUT2D eigenvalue weighted by molar-refractivity contribution is 0.0865. The van der Waals surface area contributed by atoms with E-state index in [1.54, 1.807) is 12.1 Å². The van der Waals surface area contributed by atoms with Crippen LogP contribution in [0.3, 0.4) is 0 Å². The van der Waals surface area contributed by atoms with Gasteiger partial charge < -0.3 is 4.90 Å². The fourth-order valence-corrected chi connectivity index (χ4v) is 2.19. The summed E-state index contributed by atoms with van der Waals surface area (Å²) >= 11 is 0. The van der Waals surface area contributed by atoms with Crippen molar-refractivity contribution in [2.24, 2.45) is 5.92 Å². The molecule has 0 aromatic heterocycles. The van der Waals surface area contributed by atoms with E-state index in [0.717, 1.165) is 25.9 Å². The van der Waals surface area contributed by atoms with Crippen LogP contribution in [0.25, 0.3) is 0 Å². The van der Waals surface area contributed by atoms with Crippen LogP contribution < -0.4 is 0 Å². The van der Waals surface area contributed by atoms with Crippen LogP contribution in [-0.2, 0) is 0 Å². The number of hydrogen-bond acceptors (Lipinski definition) is 2. The molecule has 0 saturated carbocycles. The SMILES string of the molecule is C=CN1CCC(C(=O)c2ccc(F)cc2)CC1. The van der Waals surface area contributed by atoms with Gasteiger partial charge in [0.1, 0.15) is 5.82 Å². The van der Waals surface area contributed by atoms with Gasteiger partial charge in [-0.15, -0.1) is 0 Å². The second kappa shape index (κ2) is 5.13. The van der Waals surface area contributed by atoms with Gasteiger partial charge in [-0.2, -0.15) is 0 Å². The third-order valence-electron chi connectivity index (χ3n) is 3.29. The van der Waals surface area contributed by atoms with Gasteiger partial charge >= 0.3 is 0 Å². The van der Waals surface area contributed by atoms with E-state index in [1.165, 1.54) is 12.1 Å². The van der Waals surface area contributed by atoms with Crippen molar-refractivity contribution in [1.82, 2.24) is 4.90 Å². The van der Waals surface area contributed by atoms with Crippen LogP contribution in [0.4, 0.5) is 4.39 Å². The molecule has 0 aliphatic carbocycles. The molecular formula is C14H16FNO. The van der Waals surface area contributed by atoms with Crippen molar-refractivity contribution in [2.45, 2.75) is 12.8 Å². The molecule has 1 fully saturated rings. The normalized spacial score (nSPS) is 16.9. The quantitative estimate of drug-likeness (QED) is 0.748. The van der Waals surface area contributed by atoms with Crippen molar-refractivity contribution in [3.8, 4) is 0 Å². The highest BCUT2D eigenvalue weighted by Crippen LogP contribution is 2.21. The number of rotatable bonds is 3. The fourth-order valence-electron chi connectivity index (χ4n) is 2.19. The van der Waals surface area contributed by atoms with Gasteiger partial charge in [0.2, 0.25) is 0 Å². The van der Waals surface area contributed by atoms with E-state index in [4.69, 9.17) is 0 Å². The van der Waals surface area contributed by atoms with Crippen molar-refractivity contribution in [3.05, 3.63) is 48.4 Å². The van der Waals surface area contributed by atoms with Crippen LogP contribution in [0.15, 0.2) is 37.0 Å². The number of hydrogen-bond donors (Lipinski definition) is 0. The first kappa shape index (κ1) is 11.8. The third-order valence-corrected chi connectivity index (χ3v) is 3.29. The zero-order valence-corrected chi connectivity index (χ0v) is 9.73. The summed E-state index contributed by atoms with van der Waals surface area (Å²) in [5.74, 6) is -0.103. The van der Waals surface area contributed by atoms with E-state index in [1.807, 2.05) is 6.20 Å². The number of carbonyl (C=O) groups is 1. The minimum Gasteiger partial charge on any atom is -0.378 e. The molecular weight excluding hydrogens is 217 g/mol. The molecule has 1 aliphatic rings. The lowest BCUT2D eigenvalue weighted by atomic mass is 9.89. The van der Waals surface area contributed by atoms with Crippen molar-refractivity contribution in [2.75, 3.05) is 13.1 Å². The molecule has 0 N–H and O–H groups in total. The Labute approximate surface area is 101 Å². The first-order valence-electron chi connectivity index (χ1n) is 5.87. The zero-order valence-electron chi connectivity index (χ0n) is 9.73. The minimum atomic E-state index is -0.303. The van der Waals surface area contributed by atoms with Crippen LogP contribution in [0.1, 0.15) is 23.2 Å². The van der Waals surface area contributed by atoms with Crippen LogP contribution in [0.2, 0.25) is 0 Å². The molecule has 0 bridgehead atoms. The molecule has 0 unspecified atom stereocenters. The summed E-state index contributed by atoms with van der Waals surface area (Å²) in [7, 11) is 0. The van der Waals surface area contributed by atoms with Crippen molar-refractivity contribution in [3.63, 3.8) is 0 Å². The van der Waals surface area contributed by atoms with Crippen molar-refractivity contribution >= 4 is 5.78 Å². The predicted octanol–water partition coefficient (Wildman–Crippen LogP) is 2.86. The van der Waals surface area contributed by atoms with Gasteiger partial charge in [0.05, 0.1) is 0 Å². The largest absolute Gasteiger partial charge is 0.378 e. The number of nitrogens with zero attached hydrogens (tertiary/aromatic N) is 1. The Hall–Kier alpha value is -1.64. The summed E-state index contributed by atoms with van der Waals surface area (Å²) in [6.07, 6.45) is 3.52. The lowest BCUT2D eigenvalue weighted by Gasteiger charge is -2.30. The molecule has 0 amide bonds. The van der Waals surface area contributed by atoms with E-state index in [2.05, 4.69) is 11.5 Å². The smallest absolute Gasteiger partial charge is 0.166 e. The van der Waals surface area contributed by atoms with Crippen molar-refractivity contribution in [1.29, 1.82) is 0 Å². The number of halogens is 1. The molecule has 1 saturated heterocycles. The molecule has 17 heavy (non-hydrogen) atoms. The second-order valence-corrected chi connectivity index (χ2v) is 4.36. The van der Waals surface area contributed by atoms with Gasteiger partial charge in [-0.05, 0) is 43.3 Å². The Morgan fingerprint density at radius 1 is 1.29 bits per heavy atom. The van der Waals surface area contributed by atoms with E-state index in [9.17, 15) is 9.18 Å². The van der Waals surface area contributed by atoms with Gasteiger partial charge in [-0.3, -0.25) is 4.79 Å². The molecule has 90 valence electrons. The summed E-state index contributed by atoms with van der Waals surface area (Å²) in [6, 6.07) is 5.81. The van der Waals surface area contributed by atoms with Crippen LogP contribution in [-0.4, -0.2) is 23.8 Å². The highest BCUT2D eigenvalue weighted by Gasteiger charge is 2.24. The second-order valence-electron chi connectivity index (χ2n) is 4.36. The standard InChI is InChI=1S/C14H16FNO/c1-2-16-9-7-12(8-10-16)14(17)11-3-5-13(15)6-4-11/h2-6,12H,1,7-10H2.